The second-order valence-corrected chi connectivity index (χ2v) is 4.35. The average molecular weight is 254 g/mol. The monoisotopic (exact) mass is 254 g/mol. The highest BCUT2D eigenvalue weighted by Crippen LogP contribution is 2.21. The summed E-state index contributed by atoms with van der Waals surface area (Å²) in [6.45, 7) is 9.29. The van der Waals surface area contributed by atoms with Crippen LogP contribution in [-0.4, -0.2) is 31.1 Å². The van der Waals surface area contributed by atoms with Gasteiger partial charge < -0.3 is 15.4 Å². The highest BCUT2D eigenvalue weighted by Gasteiger charge is 2.07. The van der Waals surface area contributed by atoms with E-state index in [2.05, 4.69) is 18.7 Å². The average Bonchev–Trinajstić information content (AvgIpc) is 2.36. The van der Waals surface area contributed by atoms with E-state index >= 15 is 0 Å². The van der Waals surface area contributed by atoms with Gasteiger partial charge in [-0.1, -0.05) is 19.9 Å². The Labute approximate surface area is 109 Å². The molecule has 1 rings (SSSR count). The molecule has 3 nitrogen and oxygen atoms in total. The lowest BCUT2D eigenvalue weighted by atomic mass is 10.1. The lowest BCUT2D eigenvalue weighted by Gasteiger charge is -2.18. The summed E-state index contributed by atoms with van der Waals surface area (Å²) in [5.74, 6) is -0.0455. The maximum atomic E-state index is 13.7. The van der Waals surface area contributed by atoms with E-state index in [4.69, 9.17) is 10.5 Å². The molecule has 18 heavy (non-hydrogen) atoms. The largest absolute Gasteiger partial charge is 0.489 e. The van der Waals surface area contributed by atoms with Gasteiger partial charge in [-0.15, -0.1) is 0 Å². The molecule has 0 radical (unpaired) electrons. The molecular formula is C14H23FN2O. The summed E-state index contributed by atoms with van der Waals surface area (Å²) in [5.41, 5.74) is 6.48. The number of nitrogens with two attached hydrogens (primary N) is 1. The smallest absolute Gasteiger partial charge is 0.165 e. The Kier molecular flexibility index (Phi) is 6.09. The molecule has 0 aliphatic rings. The molecule has 1 aromatic carbocycles. The molecule has 1 atom stereocenters. The maximum Gasteiger partial charge on any atom is 0.165 e. The number of nitrogens with zero attached hydrogens (tertiary/aromatic N) is 1. The number of benzene rings is 1. The van der Waals surface area contributed by atoms with E-state index in [-0.39, 0.29) is 11.9 Å². The van der Waals surface area contributed by atoms with Gasteiger partial charge in [-0.3, -0.25) is 0 Å². The number of likely N-dealkylation sites (N-methyl/N-ethyl adjacent to an activating group) is 1. The first-order chi connectivity index (χ1) is 8.58. The first-order valence-electron chi connectivity index (χ1n) is 6.48. The molecule has 0 spiro atoms. The van der Waals surface area contributed by atoms with Gasteiger partial charge in [0.05, 0.1) is 0 Å². The fourth-order valence-electron chi connectivity index (χ4n) is 1.74. The molecule has 0 aromatic heterocycles. The Bertz CT molecular complexity index is 365. The van der Waals surface area contributed by atoms with Crippen molar-refractivity contribution in [2.24, 2.45) is 5.73 Å². The molecule has 0 heterocycles. The van der Waals surface area contributed by atoms with Gasteiger partial charge in [-0.2, -0.15) is 0 Å². The second-order valence-electron chi connectivity index (χ2n) is 4.35. The first-order valence-corrected chi connectivity index (χ1v) is 6.48. The molecule has 1 aromatic rings. The fraction of sp³-hybridized carbons (Fsp3) is 0.571. The third-order valence-corrected chi connectivity index (χ3v) is 3.04. The van der Waals surface area contributed by atoms with Gasteiger partial charge in [0, 0.05) is 12.6 Å². The molecule has 0 saturated carbocycles. The van der Waals surface area contributed by atoms with Crippen LogP contribution in [0.25, 0.3) is 0 Å². The van der Waals surface area contributed by atoms with Crippen LogP contribution < -0.4 is 10.5 Å². The fourth-order valence-corrected chi connectivity index (χ4v) is 1.74. The quantitative estimate of drug-likeness (QED) is 0.812. The normalized spacial score (nSPS) is 12.8. The molecule has 0 amide bonds. The minimum absolute atomic E-state index is 0.163. The molecule has 0 unspecified atom stereocenters. The van der Waals surface area contributed by atoms with Crippen LogP contribution in [0.2, 0.25) is 0 Å². The van der Waals surface area contributed by atoms with Crippen LogP contribution in [-0.2, 0) is 0 Å². The van der Waals surface area contributed by atoms with Crippen LogP contribution >= 0.6 is 0 Å². The first kappa shape index (κ1) is 14.9. The summed E-state index contributed by atoms with van der Waals surface area (Å²) in [7, 11) is 0. The van der Waals surface area contributed by atoms with E-state index in [1.165, 1.54) is 6.07 Å². The molecule has 2 N–H and O–H groups in total. The van der Waals surface area contributed by atoms with Crippen molar-refractivity contribution in [3.05, 3.63) is 29.6 Å². The Hall–Kier alpha value is -1.13. The lowest BCUT2D eigenvalue weighted by Crippen LogP contribution is -2.28. The van der Waals surface area contributed by atoms with E-state index in [9.17, 15) is 4.39 Å². The molecule has 4 heteroatoms. The summed E-state index contributed by atoms with van der Waals surface area (Å²) in [4.78, 5) is 2.23. The van der Waals surface area contributed by atoms with Crippen molar-refractivity contribution < 1.29 is 9.13 Å². The topological polar surface area (TPSA) is 38.5 Å². The highest BCUT2D eigenvalue weighted by molar-refractivity contribution is 5.30. The van der Waals surface area contributed by atoms with E-state index in [0.717, 1.165) is 25.2 Å². The third-order valence-electron chi connectivity index (χ3n) is 3.04. The zero-order valence-electron chi connectivity index (χ0n) is 11.4. The number of halogens is 1. The van der Waals surface area contributed by atoms with Crippen LogP contribution in [0.5, 0.6) is 5.75 Å². The molecule has 0 bridgehead atoms. The van der Waals surface area contributed by atoms with Gasteiger partial charge in [-0.05, 0) is 37.7 Å². The standard InChI is InChI=1S/C14H23FN2O/c1-4-17(5-2)8-9-18-14-7-6-12(11(3)16)10-13(14)15/h6-7,10-11H,4-5,8-9,16H2,1-3H3/t11-/m0/s1. The van der Waals surface area contributed by atoms with Crippen molar-refractivity contribution in [2.75, 3.05) is 26.2 Å². The van der Waals surface area contributed by atoms with E-state index in [1.54, 1.807) is 12.1 Å². The molecular weight excluding hydrogens is 231 g/mol. The van der Waals surface area contributed by atoms with Crippen LogP contribution in [0.15, 0.2) is 18.2 Å². The van der Waals surface area contributed by atoms with Crippen LogP contribution in [0.3, 0.4) is 0 Å². The van der Waals surface area contributed by atoms with Gasteiger partial charge in [0.25, 0.3) is 0 Å². The molecule has 0 fully saturated rings. The van der Waals surface area contributed by atoms with Crippen molar-refractivity contribution in [1.82, 2.24) is 4.90 Å². The maximum absolute atomic E-state index is 13.7. The number of hydrogen-bond acceptors (Lipinski definition) is 3. The van der Waals surface area contributed by atoms with Crippen molar-refractivity contribution >= 4 is 0 Å². The molecule has 0 aliphatic heterocycles. The predicted octanol–water partition coefficient (Wildman–Crippen LogP) is 2.57. The third kappa shape index (κ3) is 4.27. The van der Waals surface area contributed by atoms with Crippen molar-refractivity contribution in [2.45, 2.75) is 26.8 Å². The van der Waals surface area contributed by atoms with Crippen LogP contribution in [0, 0.1) is 5.82 Å². The summed E-state index contributed by atoms with van der Waals surface area (Å²) in [5, 5.41) is 0. The zero-order chi connectivity index (χ0) is 13.5. The lowest BCUT2D eigenvalue weighted by molar-refractivity contribution is 0.217. The van der Waals surface area contributed by atoms with E-state index in [0.29, 0.717) is 12.4 Å². The Morgan fingerprint density at radius 3 is 2.50 bits per heavy atom. The number of rotatable bonds is 7. The number of hydrogen-bond donors (Lipinski definition) is 1. The summed E-state index contributed by atoms with van der Waals surface area (Å²) in [6, 6.07) is 4.73. The van der Waals surface area contributed by atoms with Crippen molar-refractivity contribution in [3.63, 3.8) is 0 Å². The van der Waals surface area contributed by atoms with Crippen molar-refractivity contribution in [3.8, 4) is 5.75 Å². The minimum atomic E-state index is -0.343. The number of ether oxygens (including phenoxy) is 1. The highest BCUT2D eigenvalue weighted by atomic mass is 19.1. The van der Waals surface area contributed by atoms with Gasteiger partial charge in [0.2, 0.25) is 0 Å². The minimum Gasteiger partial charge on any atom is -0.489 e. The Morgan fingerprint density at radius 1 is 1.33 bits per heavy atom. The SMILES string of the molecule is CCN(CC)CCOc1ccc([C@H](C)N)cc1F. The molecule has 102 valence electrons. The zero-order valence-corrected chi connectivity index (χ0v) is 11.4. The predicted molar refractivity (Wildman–Crippen MR) is 72.3 cm³/mol. The Balaban J connectivity index is 2.53. The summed E-state index contributed by atoms with van der Waals surface area (Å²) >= 11 is 0. The van der Waals surface area contributed by atoms with Crippen molar-refractivity contribution in [1.29, 1.82) is 0 Å². The van der Waals surface area contributed by atoms with Gasteiger partial charge in [0.1, 0.15) is 6.61 Å². The van der Waals surface area contributed by atoms with Gasteiger partial charge in [0.15, 0.2) is 11.6 Å². The van der Waals surface area contributed by atoms with E-state index < -0.39 is 0 Å². The molecule has 0 aliphatic carbocycles. The summed E-state index contributed by atoms with van der Waals surface area (Å²) in [6.07, 6.45) is 0. The van der Waals surface area contributed by atoms with Gasteiger partial charge in [-0.25, -0.2) is 4.39 Å². The van der Waals surface area contributed by atoms with Gasteiger partial charge >= 0.3 is 0 Å². The summed E-state index contributed by atoms with van der Waals surface area (Å²) < 4.78 is 19.2. The molecule has 0 saturated heterocycles. The van der Waals surface area contributed by atoms with Crippen LogP contribution in [0.4, 0.5) is 4.39 Å². The second kappa shape index (κ2) is 7.34. The van der Waals surface area contributed by atoms with E-state index in [1.807, 2.05) is 6.92 Å². The Morgan fingerprint density at radius 2 is 2.00 bits per heavy atom. The van der Waals surface area contributed by atoms with Crippen LogP contribution in [0.1, 0.15) is 32.4 Å².